The zero-order valence-electron chi connectivity index (χ0n) is 11.6. The number of imidazole rings is 1. The van der Waals surface area contributed by atoms with Gasteiger partial charge in [0.15, 0.2) is 16.3 Å². The number of nitrogens with zero attached hydrogens (tertiary/aromatic N) is 2. The second-order valence-corrected chi connectivity index (χ2v) is 5.75. The summed E-state index contributed by atoms with van der Waals surface area (Å²) in [5.74, 6) is -0.117. The molecule has 2 aromatic rings. The third-order valence-corrected chi connectivity index (χ3v) is 4.25. The smallest absolute Gasteiger partial charge is 0.178 e. The van der Waals surface area contributed by atoms with Crippen LogP contribution in [0.15, 0.2) is 12.1 Å². The molecule has 0 spiro atoms. The normalized spacial score (nSPS) is 20.4. The molecule has 1 fully saturated rings. The number of hydrogen-bond acceptors (Lipinski definition) is 3. The van der Waals surface area contributed by atoms with Crippen molar-refractivity contribution in [2.24, 2.45) is 0 Å². The van der Waals surface area contributed by atoms with Gasteiger partial charge < -0.3 is 19.2 Å². The van der Waals surface area contributed by atoms with Gasteiger partial charge in [-0.25, -0.2) is 4.39 Å². The standard InChI is InChI=1S/C14H18FN3OS/c1-17-5-3-4-9(8-17)18-12-7-13(19-2)10(15)6-11(12)16-14(18)20/h6-7,9H,3-5,8H2,1-2H3,(H,16,20). The van der Waals surface area contributed by atoms with Gasteiger partial charge in [-0.15, -0.1) is 0 Å². The largest absolute Gasteiger partial charge is 0.494 e. The number of benzene rings is 1. The highest BCUT2D eigenvalue weighted by Crippen LogP contribution is 2.29. The zero-order valence-corrected chi connectivity index (χ0v) is 12.5. The molecular formula is C14H18FN3OS. The highest BCUT2D eigenvalue weighted by Gasteiger charge is 2.22. The fraction of sp³-hybridized carbons (Fsp3) is 0.500. The Labute approximate surface area is 122 Å². The quantitative estimate of drug-likeness (QED) is 0.864. The van der Waals surface area contributed by atoms with Gasteiger partial charge in [-0.3, -0.25) is 0 Å². The fourth-order valence-corrected chi connectivity index (χ4v) is 3.35. The lowest BCUT2D eigenvalue weighted by atomic mass is 10.1. The first kappa shape index (κ1) is 13.6. The van der Waals surface area contributed by atoms with Crippen molar-refractivity contribution in [1.82, 2.24) is 14.5 Å². The third-order valence-electron chi connectivity index (χ3n) is 3.95. The number of H-pyrrole nitrogens is 1. The number of rotatable bonds is 2. The van der Waals surface area contributed by atoms with Crippen molar-refractivity contribution in [2.45, 2.75) is 18.9 Å². The van der Waals surface area contributed by atoms with E-state index in [2.05, 4.69) is 21.5 Å². The fourth-order valence-electron chi connectivity index (χ4n) is 3.00. The van der Waals surface area contributed by atoms with Crippen molar-refractivity contribution in [2.75, 3.05) is 27.2 Å². The van der Waals surface area contributed by atoms with Crippen molar-refractivity contribution in [1.29, 1.82) is 0 Å². The minimum Gasteiger partial charge on any atom is -0.494 e. The molecule has 3 rings (SSSR count). The first-order valence-corrected chi connectivity index (χ1v) is 7.17. The monoisotopic (exact) mass is 295 g/mol. The molecule has 0 radical (unpaired) electrons. The molecule has 2 heterocycles. The molecule has 0 saturated carbocycles. The predicted molar refractivity (Wildman–Crippen MR) is 79.4 cm³/mol. The lowest BCUT2D eigenvalue weighted by molar-refractivity contribution is 0.214. The second-order valence-electron chi connectivity index (χ2n) is 5.36. The molecule has 6 heteroatoms. The molecule has 108 valence electrons. The number of nitrogens with one attached hydrogen (secondary N) is 1. The zero-order chi connectivity index (χ0) is 14.3. The SMILES string of the molecule is COc1cc2c(cc1F)[nH]c(=S)n2C1CCCN(C)C1. The van der Waals surface area contributed by atoms with Gasteiger partial charge in [0, 0.05) is 24.7 Å². The number of piperidine rings is 1. The Kier molecular flexibility index (Phi) is 3.52. The summed E-state index contributed by atoms with van der Waals surface area (Å²) in [7, 11) is 3.59. The molecule has 4 nitrogen and oxygen atoms in total. The molecule has 1 N–H and O–H groups in total. The van der Waals surface area contributed by atoms with Crippen molar-refractivity contribution < 1.29 is 9.13 Å². The number of aromatic nitrogens is 2. The number of methoxy groups -OCH3 is 1. The molecule has 1 atom stereocenters. The molecule has 1 aromatic carbocycles. The Morgan fingerprint density at radius 3 is 2.95 bits per heavy atom. The maximum atomic E-state index is 13.8. The van der Waals surface area contributed by atoms with Crippen LogP contribution in [0.25, 0.3) is 11.0 Å². The summed E-state index contributed by atoms with van der Waals surface area (Å²) >= 11 is 5.42. The average molecular weight is 295 g/mol. The predicted octanol–water partition coefficient (Wildman–Crippen LogP) is 3.11. The summed E-state index contributed by atoms with van der Waals surface area (Å²) < 4.78 is 21.6. The van der Waals surface area contributed by atoms with E-state index in [9.17, 15) is 4.39 Å². The van der Waals surface area contributed by atoms with Gasteiger partial charge in [-0.05, 0) is 38.7 Å². The van der Waals surface area contributed by atoms with E-state index >= 15 is 0 Å². The Hall–Kier alpha value is -1.40. The topological polar surface area (TPSA) is 33.2 Å². The molecule has 1 unspecified atom stereocenters. The molecule has 20 heavy (non-hydrogen) atoms. The van der Waals surface area contributed by atoms with Crippen molar-refractivity contribution in [3.8, 4) is 5.75 Å². The molecular weight excluding hydrogens is 277 g/mol. The van der Waals surface area contributed by atoms with Crippen LogP contribution < -0.4 is 4.74 Å². The number of likely N-dealkylation sites (N-methyl/N-ethyl adjacent to an activating group) is 1. The maximum Gasteiger partial charge on any atom is 0.178 e. The molecule has 0 amide bonds. The molecule has 0 bridgehead atoms. The van der Waals surface area contributed by atoms with Gasteiger partial charge in [0.05, 0.1) is 18.1 Å². The summed E-state index contributed by atoms with van der Waals surface area (Å²) in [6.45, 7) is 2.07. The van der Waals surface area contributed by atoms with Crippen LogP contribution in [-0.2, 0) is 0 Å². The first-order chi connectivity index (χ1) is 9.60. The molecule has 1 aromatic heterocycles. The van der Waals surface area contributed by atoms with E-state index in [1.165, 1.54) is 13.2 Å². The Morgan fingerprint density at radius 2 is 2.25 bits per heavy atom. The van der Waals surface area contributed by atoms with E-state index in [1.54, 1.807) is 6.07 Å². The lowest BCUT2D eigenvalue weighted by Gasteiger charge is -2.30. The van der Waals surface area contributed by atoms with Crippen LogP contribution in [-0.4, -0.2) is 41.7 Å². The van der Waals surface area contributed by atoms with Crippen molar-refractivity contribution in [3.63, 3.8) is 0 Å². The summed E-state index contributed by atoms with van der Waals surface area (Å²) in [5, 5.41) is 0. The number of aromatic amines is 1. The van der Waals surface area contributed by atoms with Gasteiger partial charge in [-0.2, -0.15) is 0 Å². The van der Waals surface area contributed by atoms with Crippen LogP contribution in [0.3, 0.4) is 0 Å². The Balaban J connectivity index is 2.14. The summed E-state index contributed by atoms with van der Waals surface area (Å²) in [6, 6.07) is 3.50. The first-order valence-electron chi connectivity index (χ1n) is 6.76. The highest BCUT2D eigenvalue weighted by atomic mass is 32.1. The second kappa shape index (κ2) is 5.18. The number of fused-ring (bicyclic) bond motifs is 1. The van der Waals surface area contributed by atoms with E-state index in [-0.39, 0.29) is 11.6 Å². The van der Waals surface area contributed by atoms with Gasteiger partial charge in [0.2, 0.25) is 0 Å². The highest BCUT2D eigenvalue weighted by molar-refractivity contribution is 7.71. The van der Waals surface area contributed by atoms with E-state index in [1.807, 2.05) is 0 Å². The van der Waals surface area contributed by atoms with Gasteiger partial charge >= 0.3 is 0 Å². The third kappa shape index (κ3) is 2.23. The summed E-state index contributed by atoms with van der Waals surface area (Å²) in [6.07, 6.45) is 2.24. The minimum atomic E-state index is -0.371. The Bertz CT molecular complexity index is 694. The number of likely N-dealkylation sites (tertiary alicyclic amines) is 1. The Morgan fingerprint density at radius 1 is 1.45 bits per heavy atom. The summed E-state index contributed by atoms with van der Waals surface area (Å²) in [4.78, 5) is 5.40. The number of ether oxygens (including phenoxy) is 1. The summed E-state index contributed by atoms with van der Waals surface area (Å²) in [5.41, 5.74) is 1.63. The maximum absolute atomic E-state index is 13.8. The van der Waals surface area contributed by atoms with E-state index < -0.39 is 0 Å². The number of hydrogen-bond donors (Lipinski definition) is 1. The minimum absolute atomic E-state index is 0.254. The van der Waals surface area contributed by atoms with E-state index in [0.29, 0.717) is 10.8 Å². The van der Waals surface area contributed by atoms with Crippen LogP contribution in [0.5, 0.6) is 5.75 Å². The molecule has 0 aliphatic carbocycles. The van der Waals surface area contributed by atoms with E-state index in [4.69, 9.17) is 17.0 Å². The molecule has 1 aliphatic heterocycles. The van der Waals surface area contributed by atoms with Crippen LogP contribution in [0, 0.1) is 10.6 Å². The van der Waals surface area contributed by atoms with E-state index in [0.717, 1.165) is 37.0 Å². The number of halogens is 1. The lowest BCUT2D eigenvalue weighted by Crippen LogP contribution is -2.33. The van der Waals surface area contributed by atoms with Gasteiger partial charge in [-0.1, -0.05) is 0 Å². The van der Waals surface area contributed by atoms with Crippen LogP contribution in [0.4, 0.5) is 4.39 Å². The van der Waals surface area contributed by atoms with Crippen LogP contribution >= 0.6 is 12.2 Å². The molecule has 1 saturated heterocycles. The van der Waals surface area contributed by atoms with Gasteiger partial charge in [0.1, 0.15) is 0 Å². The average Bonchev–Trinajstić information content (AvgIpc) is 2.72. The van der Waals surface area contributed by atoms with Crippen LogP contribution in [0.2, 0.25) is 0 Å². The molecule has 1 aliphatic rings. The van der Waals surface area contributed by atoms with Gasteiger partial charge in [0.25, 0.3) is 0 Å². The van der Waals surface area contributed by atoms with Crippen LogP contribution in [0.1, 0.15) is 18.9 Å². The van der Waals surface area contributed by atoms with Crippen molar-refractivity contribution >= 4 is 23.3 Å². The van der Waals surface area contributed by atoms with Crippen molar-refractivity contribution in [3.05, 3.63) is 22.7 Å².